The average Bonchev–Trinajstić information content (AvgIpc) is 2.43. The molecular formula is C15H23BrClN3O. The molecule has 3 N–H and O–H groups in total. The number of nitrogens with two attached hydrogens (primary N) is 1. The largest absolute Gasteiger partial charge is 0.330 e. The van der Waals surface area contributed by atoms with E-state index in [1.54, 1.807) is 0 Å². The van der Waals surface area contributed by atoms with Gasteiger partial charge in [-0.3, -0.25) is 9.69 Å². The number of hydrogen-bond donors (Lipinski definition) is 2. The van der Waals surface area contributed by atoms with Crippen LogP contribution in [0, 0.1) is 12.8 Å². The molecule has 0 spiro atoms. The molecule has 4 nitrogen and oxygen atoms in total. The van der Waals surface area contributed by atoms with Crippen LogP contribution in [0.4, 0.5) is 5.69 Å². The molecule has 1 aromatic rings. The summed E-state index contributed by atoms with van der Waals surface area (Å²) in [5.74, 6) is 0.580. The molecular weight excluding hydrogens is 354 g/mol. The molecule has 0 aliphatic carbocycles. The molecule has 118 valence electrons. The van der Waals surface area contributed by atoms with E-state index >= 15 is 0 Å². The van der Waals surface area contributed by atoms with Crippen LogP contribution in [0.2, 0.25) is 0 Å². The van der Waals surface area contributed by atoms with Gasteiger partial charge in [0.1, 0.15) is 0 Å². The monoisotopic (exact) mass is 375 g/mol. The molecule has 1 amide bonds. The van der Waals surface area contributed by atoms with E-state index in [2.05, 4.69) is 26.1 Å². The summed E-state index contributed by atoms with van der Waals surface area (Å²) in [6.45, 7) is 5.10. The number of nitrogens with zero attached hydrogens (tertiary/aromatic N) is 1. The lowest BCUT2D eigenvalue weighted by atomic mass is 9.98. The maximum Gasteiger partial charge on any atom is 0.238 e. The van der Waals surface area contributed by atoms with Crippen LogP contribution in [0.25, 0.3) is 0 Å². The Bertz CT molecular complexity index is 484. The summed E-state index contributed by atoms with van der Waals surface area (Å²) in [6, 6.07) is 5.84. The van der Waals surface area contributed by atoms with Gasteiger partial charge >= 0.3 is 0 Å². The Morgan fingerprint density at radius 1 is 1.52 bits per heavy atom. The summed E-state index contributed by atoms with van der Waals surface area (Å²) in [7, 11) is 0. The van der Waals surface area contributed by atoms with Gasteiger partial charge in [0.25, 0.3) is 0 Å². The average molecular weight is 377 g/mol. The third kappa shape index (κ3) is 5.58. The number of aryl methyl sites for hydroxylation is 1. The van der Waals surface area contributed by atoms with E-state index in [-0.39, 0.29) is 18.3 Å². The number of likely N-dealkylation sites (tertiary alicyclic amines) is 1. The first-order valence-corrected chi connectivity index (χ1v) is 7.86. The Morgan fingerprint density at radius 3 is 2.95 bits per heavy atom. The van der Waals surface area contributed by atoms with Crippen molar-refractivity contribution in [2.45, 2.75) is 19.8 Å². The topological polar surface area (TPSA) is 58.4 Å². The number of carbonyl (C=O) groups excluding carboxylic acids is 1. The van der Waals surface area contributed by atoms with Gasteiger partial charge in [0, 0.05) is 16.7 Å². The molecule has 1 heterocycles. The third-order valence-electron chi connectivity index (χ3n) is 3.75. The summed E-state index contributed by atoms with van der Waals surface area (Å²) in [5.41, 5.74) is 7.68. The highest BCUT2D eigenvalue weighted by molar-refractivity contribution is 9.10. The molecule has 0 radical (unpaired) electrons. The molecule has 2 rings (SSSR count). The van der Waals surface area contributed by atoms with Crippen molar-refractivity contribution in [2.75, 3.05) is 31.5 Å². The highest BCUT2D eigenvalue weighted by atomic mass is 79.9. The highest BCUT2D eigenvalue weighted by Gasteiger charge is 2.20. The Balaban J connectivity index is 0.00000220. The Kier molecular flexibility index (Phi) is 7.66. The van der Waals surface area contributed by atoms with Crippen LogP contribution in [-0.4, -0.2) is 37.0 Å². The van der Waals surface area contributed by atoms with E-state index in [0.717, 1.165) is 35.2 Å². The van der Waals surface area contributed by atoms with Crippen molar-refractivity contribution < 1.29 is 4.79 Å². The maximum atomic E-state index is 12.1. The van der Waals surface area contributed by atoms with Crippen LogP contribution >= 0.6 is 28.3 Å². The lowest BCUT2D eigenvalue weighted by Crippen LogP contribution is -2.42. The molecule has 1 fully saturated rings. The Labute approximate surface area is 141 Å². The number of carbonyl (C=O) groups is 1. The van der Waals surface area contributed by atoms with E-state index in [0.29, 0.717) is 19.0 Å². The molecule has 1 aromatic carbocycles. The predicted molar refractivity (Wildman–Crippen MR) is 93.0 cm³/mol. The second-order valence-corrected chi connectivity index (χ2v) is 6.35. The van der Waals surface area contributed by atoms with Gasteiger partial charge in [0.2, 0.25) is 5.91 Å². The number of halogens is 2. The number of rotatable bonds is 4. The minimum absolute atomic E-state index is 0. The summed E-state index contributed by atoms with van der Waals surface area (Å²) in [4.78, 5) is 14.3. The van der Waals surface area contributed by atoms with E-state index in [9.17, 15) is 4.79 Å². The summed E-state index contributed by atoms with van der Waals surface area (Å²) in [5, 5.41) is 2.96. The minimum Gasteiger partial charge on any atom is -0.330 e. The van der Waals surface area contributed by atoms with Crippen LogP contribution in [-0.2, 0) is 4.79 Å². The summed E-state index contributed by atoms with van der Waals surface area (Å²) in [6.07, 6.45) is 2.31. The van der Waals surface area contributed by atoms with Gasteiger partial charge in [-0.1, -0.05) is 15.9 Å². The molecule has 0 aromatic heterocycles. The fourth-order valence-electron chi connectivity index (χ4n) is 2.61. The first-order valence-electron chi connectivity index (χ1n) is 7.07. The van der Waals surface area contributed by atoms with Crippen molar-refractivity contribution in [2.24, 2.45) is 11.7 Å². The van der Waals surface area contributed by atoms with Gasteiger partial charge in [-0.05, 0) is 62.5 Å². The third-order valence-corrected chi connectivity index (χ3v) is 4.64. The van der Waals surface area contributed by atoms with Gasteiger partial charge < -0.3 is 11.1 Å². The van der Waals surface area contributed by atoms with Crippen molar-refractivity contribution in [3.63, 3.8) is 0 Å². The summed E-state index contributed by atoms with van der Waals surface area (Å²) >= 11 is 3.46. The van der Waals surface area contributed by atoms with E-state index in [1.807, 2.05) is 25.1 Å². The normalized spacial score (nSPS) is 18.9. The van der Waals surface area contributed by atoms with Crippen LogP contribution in [0.5, 0.6) is 0 Å². The molecule has 1 atom stereocenters. The molecule has 1 aliphatic heterocycles. The van der Waals surface area contributed by atoms with Crippen LogP contribution in [0.1, 0.15) is 18.4 Å². The quantitative estimate of drug-likeness (QED) is 0.849. The van der Waals surface area contributed by atoms with Gasteiger partial charge in [-0.25, -0.2) is 0 Å². The zero-order valence-electron chi connectivity index (χ0n) is 12.3. The fraction of sp³-hybridized carbons (Fsp3) is 0.533. The van der Waals surface area contributed by atoms with Crippen molar-refractivity contribution in [1.82, 2.24) is 4.90 Å². The molecule has 1 saturated heterocycles. The molecule has 6 heteroatoms. The smallest absolute Gasteiger partial charge is 0.238 e. The van der Waals surface area contributed by atoms with Crippen LogP contribution in [0.3, 0.4) is 0 Å². The van der Waals surface area contributed by atoms with E-state index < -0.39 is 0 Å². The zero-order valence-corrected chi connectivity index (χ0v) is 14.7. The van der Waals surface area contributed by atoms with Crippen molar-refractivity contribution in [1.29, 1.82) is 0 Å². The minimum atomic E-state index is 0. The maximum absolute atomic E-state index is 12.1. The molecule has 1 aliphatic rings. The van der Waals surface area contributed by atoms with Gasteiger partial charge in [-0.15, -0.1) is 12.4 Å². The number of anilines is 1. The molecule has 1 unspecified atom stereocenters. The Hall–Kier alpha value is -0.620. The number of hydrogen-bond acceptors (Lipinski definition) is 3. The van der Waals surface area contributed by atoms with Crippen LogP contribution < -0.4 is 11.1 Å². The first kappa shape index (κ1) is 18.4. The van der Waals surface area contributed by atoms with Gasteiger partial charge in [0.05, 0.1) is 6.54 Å². The molecule has 0 saturated carbocycles. The van der Waals surface area contributed by atoms with Crippen molar-refractivity contribution >= 4 is 39.9 Å². The molecule has 21 heavy (non-hydrogen) atoms. The lowest BCUT2D eigenvalue weighted by molar-refractivity contribution is -0.117. The second kappa shape index (κ2) is 8.73. The van der Waals surface area contributed by atoms with Crippen LogP contribution in [0.15, 0.2) is 22.7 Å². The first-order chi connectivity index (χ1) is 9.58. The number of nitrogens with one attached hydrogen (secondary N) is 1. The number of amides is 1. The second-order valence-electron chi connectivity index (χ2n) is 5.49. The van der Waals surface area contributed by atoms with Gasteiger partial charge in [-0.2, -0.15) is 0 Å². The zero-order chi connectivity index (χ0) is 14.5. The molecule has 0 bridgehead atoms. The van der Waals surface area contributed by atoms with Crippen molar-refractivity contribution in [3.05, 3.63) is 28.2 Å². The van der Waals surface area contributed by atoms with E-state index in [1.165, 1.54) is 6.42 Å². The van der Waals surface area contributed by atoms with Crippen molar-refractivity contribution in [3.8, 4) is 0 Å². The Morgan fingerprint density at radius 2 is 2.29 bits per heavy atom. The standard InChI is InChI=1S/C15H22BrN3O.ClH/c1-11-7-13(4-5-14(11)16)18-15(20)10-19-6-2-3-12(8-17)9-19;/h4-5,7,12H,2-3,6,8-10,17H2,1H3,(H,18,20);1H. The van der Waals surface area contributed by atoms with Gasteiger partial charge in [0.15, 0.2) is 0 Å². The summed E-state index contributed by atoms with van der Waals surface area (Å²) < 4.78 is 1.05. The van der Waals surface area contributed by atoms with E-state index in [4.69, 9.17) is 5.73 Å². The predicted octanol–water partition coefficient (Wildman–Crippen LogP) is 2.79. The number of benzene rings is 1. The lowest BCUT2D eigenvalue weighted by Gasteiger charge is -2.31. The number of piperidine rings is 1. The SMILES string of the molecule is Cc1cc(NC(=O)CN2CCCC(CN)C2)ccc1Br.Cl. The fourth-order valence-corrected chi connectivity index (χ4v) is 2.86. The highest BCUT2D eigenvalue weighted by Crippen LogP contribution is 2.20.